The molecule has 0 bridgehead atoms. The zero-order valence-electron chi connectivity index (χ0n) is 17.1. The van der Waals surface area contributed by atoms with Gasteiger partial charge in [-0.25, -0.2) is 4.79 Å². The Morgan fingerprint density at radius 3 is 2.36 bits per heavy atom. The zero-order chi connectivity index (χ0) is 20.7. The standard InChI is InChI=1S/C22H28N4O2/c1-15(2)28-20-12-11-19(13-18(20)14-23)25-22(27)24-16(3)21(26(4)5)17-9-7-6-8-10-17/h6-13,15-16,21H,1-5H3,(H2,24,25,27). The Morgan fingerprint density at radius 2 is 1.79 bits per heavy atom. The lowest BCUT2D eigenvalue weighted by atomic mass is 9.99. The molecule has 2 N–H and O–H groups in total. The van der Waals surface area contributed by atoms with Gasteiger partial charge in [0.15, 0.2) is 0 Å². The number of urea groups is 1. The van der Waals surface area contributed by atoms with Crippen LogP contribution in [0, 0.1) is 11.3 Å². The van der Waals surface area contributed by atoms with Gasteiger partial charge in [-0.1, -0.05) is 30.3 Å². The maximum Gasteiger partial charge on any atom is 0.319 e. The first-order valence-corrected chi connectivity index (χ1v) is 9.31. The van der Waals surface area contributed by atoms with Gasteiger partial charge in [0.25, 0.3) is 0 Å². The van der Waals surface area contributed by atoms with Crippen molar-refractivity contribution in [1.29, 1.82) is 5.26 Å². The maximum atomic E-state index is 12.5. The van der Waals surface area contributed by atoms with Crippen LogP contribution < -0.4 is 15.4 Å². The van der Waals surface area contributed by atoms with Crippen molar-refractivity contribution in [2.45, 2.75) is 39.0 Å². The molecule has 2 aromatic carbocycles. The summed E-state index contributed by atoms with van der Waals surface area (Å²) in [6, 6.07) is 16.8. The molecule has 148 valence electrons. The number of nitrogens with zero attached hydrogens (tertiary/aromatic N) is 2. The fraction of sp³-hybridized carbons (Fsp3) is 0.364. The Hall–Kier alpha value is -3.04. The van der Waals surface area contributed by atoms with Gasteiger partial charge in [0.1, 0.15) is 11.8 Å². The van der Waals surface area contributed by atoms with E-state index in [0.29, 0.717) is 17.0 Å². The molecule has 2 amide bonds. The number of carbonyl (C=O) groups is 1. The highest BCUT2D eigenvalue weighted by Gasteiger charge is 2.23. The molecule has 6 heteroatoms. The number of anilines is 1. The molecule has 0 heterocycles. The molecule has 0 aliphatic rings. The van der Waals surface area contributed by atoms with Crippen molar-refractivity contribution in [2.24, 2.45) is 0 Å². The number of ether oxygens (including phenoxy) is 1. The summed E-state index contributed by atoms with van der Waals surface area (Å²) in [6.45, 7) is 5.77. The van der Waals surface area contributed by atoms with Crippen molar-refractivity contribution in [1.82, 2.24) is 10.2 Å². The first-order chi connectivity index (χ1) is 13.3. The van der Waals surface area contributed by atoms with Gasteiger partial charge in [0, 0.05) is 11.7 Å². The van der Waals surface area contributed by atoms with E-state index in [0.717, 1.165) is 5.56 Å². The van der Waals surface area contributed by atoms with Crippen molar-refractivity contribution in [3.05, 3.63) is 59.7 Å². The summed E-state index contributed by atoms with van der Waals surface area (Å²) < 4.78 is 5.61. The number of nitriles is 1. The van der Waals surface area contributed by atoms with E-state index in [9.17, 15) is 10.1 Å². The highest BCUT2D eigenvalue weighted by Crippen LogP contribution is 2.24. The quantitative estimate of drug-likeness (QED) is 0.756. The molecular weight excluding hydrogens is 352 g/mol. The molecule has 0 aliphatic heterocycles. The van der Waals surface area contributed by atoms with Crippen LogP contribution in [0.4, 0.5) is 10.5 Å². The van der Waals surface area contributed by atoms with Crippen molar-refractivity contribution < 1.29 is 9.53 Å². The number of amides is 2. The van der Waals surface area contributed by atoms with Crippen LogP contribution in [-0.2, 0) is 0 Å². The molecule has 0 saturated carbocycles. The Morgan fingerprint density at radius 1 is 1.11 bits per heavy atom. The summed E-state index contributed by atoms with van der Waals surface area (Å²) in [6.07, 6.45) is -0.0315. The van der Waals surface area contributed by atoms with E-state index in [2.05, 4.69) is 21.6 Å². The lowest BCUT2D eigenvalue weighted by molar-refractivity contribution is 0.223. The molecule has 0 fully saturated rings. The molecule has 2 aromatic rings. The van der Waals surface area contributed by atoms with Gasteiger partial charge in [0.05, 0.1) is 17.7 Å². The molecule has 2 atom stereocenters. The van der Waals surface area contributed by atoms with Crippen LogP contribution in [0.5, 0.6) is 5.75 Å². The number of hydrogen-bond acceptors (Lipinski definition) is 4. The van der Waals surface area contributed by atoms with E-state index >= 15 is 0 Å². The van der Waals surface area contributed by atoms with E-state index in [4.69, 9.17) is 4.74 Å². The molecule has 0 saturated heterocycles. The van der Waals surface area contributed by atoms with Crippen LogP contribution in [0.2, 0.25) is 0 Å². The average molecular weight is 380 g/mol. The second-order valence-corrected chi connectivity index (χ2v) is 7.20. The third-order valence-corrected chi connectivity index (χ3v) is 4.25. The van der Waals surface area contributed by atoms with Crippen molar-refractivity contribution >= 4 is 11.7 Å². The van der Waals surface area contributed by atoms with Gasteiger partial charge in [-0.05, 0) is 58.6 Å². The van der Waals surface area contributed by atoms with E-state index in [-0.39, 0.29) is 24.2 Å². The Bertz CT molecular complexity index is 828. The summed E-state index contributed by atoms with van der Waals surface area (Å²) in [5.41, 5.74) is 2.05. The molecule has 6 nitrogen and oxygen atoms in total. The van der Waals surface area contributed by atoms with E-state index in [1.807, 2.05) is 65.2 Å². The van der Waals surface area contributed by atoms with Gasteiger partial charge in [-0.15, -0.1) is 0 Å². The molecule has 2 unspecified atom stereocenters. The fourth-order valence-electron chi connectivity index (χ4n) is 3.19. The van der Waals surface area contributed by atoms with Crippen molar-refractivity contribution in [3.8, 4) is 11.8 Å². The monoisotopic (exact) mass is 380 g/mol. The first kappa shape index (κ1) is 21.3. The molecule has 0 spiro atoms. The van der Waals surface area contributed by atoms with Crippen LogP contribution in [0.3, 0.4) is 0 Å². The smallest absolute Gasteiger partial charge is 0.319 e. The number of hydrogen-bond donors (Lipinski definition) is 2. The van der Waals surface area contributed by atoms with Crippen LogP contribution in [0.1, 0.15) is 37.9 Å². The lowest BCUT2D eigenvalue weighted by Crippen LogP contribution is -2.44. The van der Waals surface area contributed by atoms with Crippen LogP contribution in [0.15, 0.2) is 48.5 Å². The molecule has 0 aromatic heterocycles. The second-order valence-electron chi connectivity index (χ2n) is 7.20. The van der Waals surface area contributed by atoms with Gasteiger partial charge in [-0.3, -0.25) is 0 Å². The topological polar surface area (TPSA) is 77.4 Å². The van der Waals surface area contributed by atoms with Gasteiger partial charge >= 0.3 is 6.03 Å². The summed E-state index contributed by atoms with van der Waals surface area (Å²) >= 11 is 0. The van der Waals surface area contributed by atoms with E-state index < -0.39 is 0 Å². The largest absolute Gasteiger partial charge is 0.490 e. The summed E-state index contributed by atoms with van der Waals surface area (Å²) in [7, 11) is 3.97. The van der Waals surface area contributed by atoms with E-state index in [1.165, 1.54) is 0 Å². The SMILES string of the molecule is CC(C)Oc1ccc(NC(=O)NC(C)C(c2ccccc2)N(C)C)cc1C#N. The highest BCUT2D eigenvalue weighted by atomic mass is 16.5. The third-order valence-electron chi connectivity index (χ3n) is 4.25. The van der Waals surface area contributed by atoms with Crippen molar-refractivity contribution in [2.75, 3.05) is 19.4 Å². The van der Waals surface area contributed by atoms with E-state index in [1.54, 1.807) is 18.2 Å². The predicted molar refractivity (Wildman–Crippen MR) is 111 cm³/mol. The van der Waals surface area contributed by atoms with Crippen LogP contribution >= 0.6 is 0 Å². The summed E-state index contributed by atoms with van der Waals surface area (Å²) in [5, 5.41) is 15.1. The normalized spacial score (nSPS) is 12.9. The summed E-state index contributed by atoms with van der Waals surface area (Å²) in [4.78, 5) is 14.6. The highest BCUT2D eigenvalue weighted by molar-refractivity contribution is 5.89. The van der Waals surface area contributed by atoms with Gasteiger partial charge in [0.2, 0.25) is 0 Å². The Balaban J connectivity index is 2.07. The molecule has 0 radical (unpaired) electrons. The summed E-state index contributed by atoms with van der Waals surface area (Å²) in [5.74, 6) is 0.508. The lowest BCUT2D eigenvalue weighted by Gasteiger charge is -2.31. The number of nitrogens with one attached hydrogen (secondary N) is 2. The zero-order valence-corrected chi connectivity index (χ0v) is 17.1. The van der Waals surface area contributed by atoms with Crippen LogP contribution in [0.25, 0.3) is 0 Å². The maximum absolute atomic E-state index is 12.5. The number of rotatable bonds is 7. The van der Waals surface area contributed by atoms with Gasteiger partial charge in [-0.2, -0.15) is 5.26 Å². The number of carbonyl (C=O) groups excluding carboxylic acids is 1. The number of likely N-dealkylation sites (N-methyl/N-ethyl adjacent to an activating group) is 1. The Kier molecular flexibility index (Phi) is 7.42. The molecule has 0 aliphatic carbocycles. The minimum Gasteiger partial charge on any atom is -0.490 e. The second kappa shape index (κ2) is 9.77. The average Bonchev–Trinajstić information content (AvgIpc) is 2.63. The van der Waals surface area contributed by atoms with Gasteiger partial charge < -0.3 is 20.3 Å². The fourth-order valence-corrected chi connectivity index (χ4v) is 3.19. The molecular formula is C22H28N4O2. The minimum atomic E-state index is -0.323. The molecule has 2 rings (SSSR count). The molecule has 28 heavy (non-hydrogen) atoms. The number of benzene rings is 2. The third kappa shape index (κ3) is 5.73. The van der Waals surface area contributed by atoms with Crippen LogP contribution in [-0.4, -0.2) is 37.2 Å². The predicted octanol–water partition coefficient (Wildman–Crippen LogP) is 4.16. The minimum absolute atomic E-state index is 0.0310. The first-order valence-electron chi connectivity index (χ1n) is 9.31. The Labute approximate surface area is 167 Å². The van der Waals surface area contributed by atoms with Crippen molar-refractivity contribution in [3.63, 3.8) is 0 Å².